The molecule has 2 aliphatic rings. The van der Waals surface area contributed by atoms with E-state index < -0.39 is 6.61 Å². The predicted octanol–water partition coefficient (Wildman–Crippen LogP) is -1.90. The van der Waals surface area contributed by atoms with Gasteiger partial charge in [-0.2, -0.15) is 0 Å². The Labute approximate surface area is 113 Å². The average molecular weight is 272 g/mol. The minimum Gasteiger partial charge on any atom is -0.387 e. The Balaban J connectivity index is 0.000000191. The Morgan fingerprint density at radius 2 is 1.58 bits per heavy atom. The summed E-state index contributed by atoms with van der Waals surface area (Å²) in [6.07, 6.45) is 1.81. The Bertz CT molecular complexity index is 324. The van der Waals surface area contributed by atoms with Gasteiger partial charge in [-0.25, -0.2) is 0 Å². The topological polar surface area (TPSA) is 113 Å². The number of likely N-dealkylation sites (tertiary alicyclic amines) is 2. The smallest absolute Gasteiger partial charge is 0.248 e. The maximum absolute atomic E-state index is 10.8. The van der Waals surface area contributed by atoms with Crippen molar-refractivity contribution in [2.45, 2.75) is 31.8 Å². The van der Waals surface area contributed by atoms with Crippen molar-refractivity contribution in [1.29, 1.82) is 0 Å². The molecule has 2 fully saturated rings. The van der Waals surface area contributed by atoms with E-state index in [1.165, 1.54) is 0 Å². The van der Waals surface area contributed by atoms with Gasteiger partial charge in [0.1, 0.15) is 6.61 Å². The van der Waals surface area contributed by atoms with Crippen molar-refractivity contribution >= 4 is 11.8 Å². The highest BCUT2D eigenvalue weighted by Crippen LogP contribution is 2.06. The number of carbonyl (C=O) groups is 2. The van der Waals surface area contributed by atoms with Crippen molar-refractivity contribution in [2.75, 3.05) is 32.8 Å². The highest BCUT2D eigenvalue weighted by molar-refractivity contribution is 5.77. The number of aliphatic hydroxyl groups excluding tert-OH is 1. The lowest BCUT2D eigenvalue weighted by Crippen LogP contribution is -2.33. The number of hydrogen-bond donors (Lipinski definition) is 3. The lowest BCUT2D eigenvalue weighted by Gasteiger charge is -2.12. The fourth-order valence-electron chi connectivity index (χ4n) is 2.19. The predicted molar refractivity (Wildman–Crippen MR) is 71.1 cm³/mol. The molecule has 2 saturated heterocycles. The number of carbonyl (C=O) groups excluding carboxylic acids is 2. The molecular formula is C12H24N4O3. The van der Waals surface area contributed by atoms with Crippen molar-refractivity contribution in [1.82, 2.24) is 9.80 Å². The van der Waals surface area contributed by atoms with Gasteiger partial charge in [0.15, 0.2) is 0 Å². The van der Waals surface area contributed by atoms with Gasteiger partial charge in [0.05, 0.1) is 0 Å². The third-order valence-electron chi connectivity index (χ3n) is 3.38. The van der Waals surface area contributed by atoms with Crippen molar-refractivity contribution < 1.29 is 14.7 Å². The second-order valence-electron chi connectivity index (χ2n) is 5.06. The molecule has 0 aromatic carbocycles. The second-order valence-corrected chi connectivity index (χ2v) is 5.06. The molecule has 110 valence electrons. The van der Waals surface area contributed by atoms with Crippen LogP contribution < -0.4 is 11.5 Å². The van der Waals surface area contributed by atoms with Gasteiger partial charge in [-0.05, 0) is 12.8 Å². The fourth-order valence-corrected chi connectivity index (χ4v) is 2.19. The molecule has 0 aromatic heterocycles. The van der Waals surface area contributed by atoms with Gasteiger partial charge in [0.25, 0.3) is 0 Å². The first-order chi connectivity index (χ1) is 8.93. The molecule has 0 aliphatic carbocycles. The van der Waals surface area contributed by atoms with E-state index in [0.717, 1.165) is 25.9 Å². The van der Waals surface area contributed by atoms with Gasteiger partial charge < -0.3 is 26.4 Å². The summed E-state index contributed by atoms with van der Waals surface area (Å²) in [5.74, 6) is -0.0732. The van der Waals surface area contributed by atoms with Crippen molar-refractivity contribution in [2.24, 2.45) is 11.5 Å². The van der Waals surface area contributed by atoms with Crippen LogP contribution in [0.15, 0.2) is 0 Å². The van der Waals surface area contributed by atoms with E-state index in [2.05, 4.69) is 0 Å². The molecule has 19 heavy (non-hydrogen) atoms. The lowest BCUT2D eigenvalue weighted by atomic mass is 10.3. The number of aliphatic hydroxyl groups is 1. The summed E-state index contributed by atoms with van der Waals surface area (Å²) in [4.78, 5) is 24.8. The van der Waals surface area contributed by atoms with Gasteiger partial charge in [0.2, 0.25) is 11.8 Å². The standard InChI is InChI=1S/C6H12N2O2.C6H12N2O/c7-5-1-2-8(3-5)6(10)4-9;1-5(9)8-3-2-6(7)4-8/h5,9H,1-4,7H2;6H,2-4,7H2,1H3. The first kappa shape index (κ1) is 15.9. The number of amides is 2. The molecule has 2 rings (SSSR count). The van der Waals surface area contributed by atoms with E-state index in [1.54, 1.807) is 16.7 Å². The van der Waals surface area contributed by atoms with Gasteiger partial charge in [0, 0.05) is 45.2 Å². The number of rotatable bonds is 1. The van der Waals surface area contributed by atoms with Crippen molar-refractivity contribution in [3.63, 3.8) is 0 Å². The van der Waals surface area contributed by atoms with Crippen LogP contribution in [0.1, 0.15) is 19.8 Å². The van der Waals surface area contributed by atoms with Crippen LogP contribution in [-0.4, -0.2) is 71.6 Å². The minimum atomic E-state index is -0.396. The zero-order valence-electron chi connectivity index (χ0n) is 11.4. The Hall–Kier alpha value is -1.18. The summed E-state index contributed by atoms with van der Waals surface area (Å²) in [5, 5.41) is 8.45. The van der Waals surface area contributed by atoms with Crippen molar-refractivity contribution in [3.8, 4) is 0 Å². The van der Waals surface area contributed by atoms with Crippen molar-refractivity contribution in [3.05, 3.63) is 0 Å². The maximum atomic E-state index is 10.8. The summed E-state index contributed by atoms with van der Waals surface area (Å²) in [6, 6.07) is 0.324. The van der Waals surface area contributed by atoms with Gasteiger partial charge in [-0.1, -0.05) is 0 Å². The highest BCUT2D eigenvalue weighted by atomic mass is 16.3. The summed E-state index contributed by atoms with van der Waals surface area (Å²) >= 11 is 0. The first-order valence-electron chi connectivity index (χ1n) is 6.59. The largest absolute Gasteiger partial charge is 0.387 e. The van der Waals surface area contributed by atoms with Crippen LogP contribution in [0.3, 0.4) is 0 Å². The zero-order valence-corrected chi connectivity index (χ0v) is 11.4. The van der Waals surface area contributed by atoms with E-state index in [-0.39, 0.29) is 23.9 Å². The van der Waals surface area contributed by atoms with Gasteiger partial charge in [-0.3, -0.25) is 9.59 Å². The number of nitrogens with zero attached hydrogens (tertiary/aromatic N) is 2. The molecule has 2 heterocycles. The molecule has 0 saturated carbocycles. The summed E-state index contributed by atoms with van der Waals surface area (Å²) in [6.45, 7) is 4.07. The molecule has 7 nitrogen and oxygen atoms in total. The Morgan fingerprint density at radius 3 is 1.84 bits per heavy atom. The molecule has 7 heteroatoms. The van der Waals surface area contributed by atoms with E-state index in [1.807, 2.05) is 0 Å². The number of hydrogen-bond acceptors (Lipinski definition) is 5. The van der Waals surface area contributed by atoms with Crippen LogP contribution in [-0.2, 0) is 9.59 Å². The molecule has 0 radical (unpaired) electrons. The maximum Gasteiger partial charge on any atom is 0.248 e. The third kappa shape index (κ3) is 5.14. The van der Waals surface area contributed by atoms with E-state index in [9.17, 15) is 9.59 Å². The lowest BCUT2D eigenvalue weighted by molar-refractivity contribution is -0.133. The molecular weight excluding hydrogens is 248 g/mol. The highest BCUT2D eigenvalue weighted by Gasteiger charge is 2.22. The molecule has 5 N–H and O–H groups in total. The fraction of sp³-hybridized carbons (Fsp3) is 0.833. The summed E-state index contributed by atoms with van der Waals surface area (Å²) in [7, 11) is 0. The molecule has 0 bridgehead atoms. The summed E-state index contributed by atoms with van der Waals surface area (Å²) < 4.78 is 0. The van der Waals surface area contributed by atoms with E-state index >= 15 is 0 Å². The van der Waals surface area contributed by atoms with Crippen LogP contribution in [0, 0.1) is 0 Å². The van der Waals surface area contributed by atoms with Crippen LogP contribution in [0.5, 0.6) is 0 Å². The van der Waals surface area contributed by atoms with Gasteiger partial charge in [-0.15, -0.1) is 0 Å². The van der Waals surface area contributed by atoms with Crippen LogP contribution in [0.25, 0.3) is 0 Å². The third-order valence-corrected chi connectivity index (χ3v) is 3.38. The zero-order chi connectivity index (χ0) is 14.4. The minimum absolute atomic E-state index is 0.107. The second kappa shape index (κ2) is 7.42. The molecule has 2 atom stereocenters. The SMILES string of the molecule is CC(=O)N1CCC(N)C1.NC1CCN(C(=O)CO)C1. The van der Waals surface area contributed by atoms with Crippen LogP contribution in [0.4, 0.5) is 0 Å². The molecule has 2 amide bonds. The molecule has 0 aromatic rings. The van der Waals surface area contributed by atoms with Gasteiger partial charge >= 0.3 is 0 Å². The quantitative estimate of drug-likeness (QED) is 0.516. The Kier molecular flexibility index (Phi) is 6.20. The van der Waals surface area contributed by atoms with Crippen LogP contribution in [0.2, 0.25) is 0 Å². The Morgan fingerprint density at radius 1 is 1.11 bits per heavy atom. The molecule has 0 spiro atoms. The van der Waals surface area contributed by atoms with Crippen LogP contribution >= 0.6 is 0 Å². The monoisotopic (exact) mass is 272 g/mol. The average Bonchev–Trinajstić information content (AvgIpc) is 2.98. The first-order valence-corrected chi connectivity index (χ1v) is 6.59. The number of nitrogens with two attached hydrogens (primary N) is 2. The van der Waals surface area contributed by atoms with E-state index in [0.29, 0.717) is 13.1 Å². The van der Waals surface area contributed by atoms with E-state index in [4.69, 9.17) is 16.6 Å². The molecule has 2 aliphatic heterocycles. The normalized spacial score (nSPS) is 26.1. The summed E-state index contributed by atoms with van der Waals surface area (Å²) in [5.41, 5.74) is 11.1. The molecule has 2 unspecified atom stereocenters.